The third kappa shape index (κ3) is 7.26. The average Bonchev–Trinajstić information content (AvgIpc) is 3.29. The Morgan fingerprint density at radius 3 is 2.50 bits per heavy atom. The molecular formula is C25H30BrClN2O2S. The average molecular weight is 538 g/mol. The molecule has 0 unspecified atom stereocenters. The molecule has 0 saturated heterocycles. The fraction of sp³-hybridized carbons (Fsp3) is 0.440. The molecule has 2 amide bonds. The van der Waals surface area contributed by atoms with Gasteiger partial charge in [0.1, 0.15) is 6.04 Å². The highest BCUT2D eigenvalue weighted by atomic mass is 79.9. The molecule has 0 bridgehead atoms. The highest BCUT2D eigenvalue weighted by Crippen LogP contribution is 2.23. The Morgan fingerprint density at radius 1 is 1.16 bits per heavy atom. The van der Waals surface area contributed by atoms with Gasteiger partial charge in [0, 0.05) is 27.8 Å². The molecule has 32 heavy (non-hydrogen) atoms. The van der Waals surface area contributed by atoms with Gasteiger partial charge in [0.15, 0.2) is 0 Å². The van der Waals surface area contributed by atoms with E-state index in [2.05, 4.69) is 21.2 Å². The van der Waals surface area contributed by atoms with Crippen molar-refractivity contribution in [3.05, 3.63) is 69.2 Å². The first kappa shape index (κ1) is 25.1. The lowest BCUT2D eigenvalue weighted by Crippen LogP contribution is -2.51. The van der Waals surface area contributed by atoms with Gasteiger partial charge in [-0.15, -0.1) is 11.8 Å². The second kappa shape index (κ2) is 12.7. The molecule has 1 N–H and O–H groups in total. The van der Waals surface area contributed by atoms with E-state index in [9.17, 15) is 9.59 Å². The van der Waals surface area contributed by atoms with Crippen molar-refractivity contribution in [2.75, 3.05) is 5.75 Å². The van der Waals surface area contributed by atoms with Crippen LogP contribution in [-0.4, -0.2) is 34.6 Å². The summed E-state index contributed by atoms with van der Waals surface area (Å²) in [6, 6.07) is 15.3. The molecule has 1 fully saturated rings. The largest absolute Gasteiger partial charge is 0.352 e. The lowest BCUT2D eigenvalue weighted by atomic mass is 10.1. The van der Waals surface area contributed by atoms with Gasteiger partial charge >= 0.3 is 0 Å². The standard InChI is InChI=1S/C25H30BrClN2O2S/c1-2-23(25(31)28-21-8-4-5-9-21)29(15-19-7-3-6-10-22(19)27)24(30)17-32-16-18-11-13-20(26)14-12-18/h3,6-7,10-14,21,23H,2,4-5,8-9,15-17H2,1H3,(H,28,31)/t23-/m0/s1. The van der Waals surface area contributed by atoms with Crippen molar-refractivity contribution in [3.63, 3.8) is 0 Å². The Kier molecular flexibility index (Phi) is 9.94. The minimum atomic E-state index is -0.507. The van der Waals surface area contributed by atoms with E-state index in [1.165, 1.54) is 0 Å². The predicted molar refractivity (Wildman–Crippen MR) is 137 cm³/mol. The molecule has 4 nitrogen and oxygen atoms in total. The van der Waals surface area contributed by atoms with Crippen LogP contribution < -0.4 is 5.32 Å². The molecule has 1 aliphatic carbocycles. The van der Waals surface area contributed by atoms with Crippen LogP contribution in [0.4, 0.5) is 0 Å². The number of amides is 2. The topological polar surface area (TPSA) is 49.4 Å². The summed E-state index contributed by atoms with van der Waals surface area (Å²) < 4.78 is 1.03. The smallest absolute Gasteiger partial charge is 0.243 e. The molecule has 2 aromatic carbocycles. The van der Waals surface area contributed by atoms with Crippen LogP contribution in [0.25, 0.3) is 0 Å². The fourth-order valence-corrected chi connectivity index (χ4v) is 5.35. The van der Waals surface area contributed by atoms with E-state index >= 15 is 0 Å². The van der Waals surface area contributed by atoms with Gasteiger partial charge in [0.25, 0.3) is 0 Å². The molecule has 0 spiro atoms. The molecule has 172 valence electrons. The summed E-state index contributed by atoms with van der Waals surface area (Å²) >= 11 is 11.4. The van der Waals surface area contributed by atoms with Crippen LogP contribution in [0, 0.1) is 0 Å². The minimum Gasteiger partial charge on any atom is -0.352 e. The summed E-state index contributed by atoms with van der Waals surface area (Å²) in [6.07, 6.45) is 4.90. The third-order valence-corrected chi connectivity index (χ3v) is 7.68. The van der Waals surface area contributed by atoms with E-state index in [0.717, 1.165) is 47.0 Å². The van der Waals surface area contributed by atoms with Crippen molar-refractivity contribution >= 4 is 51.1 Å². The molecule has 1 aliphatic rings. The van der Waals surface area contributed by atoms with E-state index in [1.54, 1.807) is 16.7 Å². The Bertz CT molecular complexity index is 903. The summed E-state index contributed by atoms with van der Waals surface area (Å²) in [6.45, 7) is 2.29. The Labute approximate surface area is 208 Å². The molecule has 0 heterocycles. The van der Waals surface area contributed by atoms with Gasteiger partial charge in [-0.1, -0.05) is 77.6 Å². The van der Waals surface area contributed by atoms with Crippen LogP contribution in [0.5, 0.6) is 0 Å². The lowest BCUT2D eigenvalue weighted by Gasteiger charge is -2.31. The number of carbonyl (C=O) groups excluding carboxylic acids is 2. The number of hydrogen-bond acceptors (Lipinski definition) is 3. The maximum absolute atomic E-state index is 13.3. The number of carbonyl (C=O) groups is 2. The zero-order valence-electron chi connectivity index (χ0n) is 18.4. The van der Waals surface area contributed by atoms with Crippen LogP contribution in [-0.2, 0) is 21.9 Å². The molecule has 0 aliphatic heterocycles. The second-order valence-electron chi connectivity index (χ2n) is 8.15. The van der Waals surface area contributed by atoms with Gasteiger partial charge in [-0.2, -0.15) is 0 Å². The van der Waals surface area contributed by atoms with Crippen LogP contribution >= 0.6 is 39.3 Å². The highest BCUT2D eigenvalue weighted by Gasteiger charge is 2.30. The summed E-state index contributed by atoms with van der Waals surface area (Å²) in [7, 11) is 0. The maximum atomic E-state index is 13.3. The number of nitrogens with zero attached hydrogens (tertiary/aromatic N) is 1. The zero-order valence-corrected chi connectivity index (χ0v) is 21.5. The van der Waals surface area contributed by atoms with Gasteiger partial charge in [-0.3, -0.25) is 9.59 Å². The van der Waals surface area contributed by atoms with E-state index in [1.807, 2.05) is 55.5 Å². The third-order valence-electron chi connectivity index (χ3n) is 5.79. The summed E-state index contributed by atoms with van der Waals surface area (Å²) in [5.41, 5.74) is 2.02. The summed E-state index contributed by atoms with van der Waals surface area (Å²) in [5, 5.41) is 3.79. The van der Waals surface area contributed by atoms with Crippen LogP contribution in [0.2, 0.25) is 5.02 Å². The monoisotopic (exact) mass is 536 g/mol. The SMILES string of the molecule is CC[C@@H](C(=O)NC1CCCC1)N(Cc1ccccc1Cl)C(=O)CSCc1ccc(Br)cc1. The van der Waals surface area contributed by atoms with Crippen molar-refractivity contribution in [1.82, 2.24) is 10.2 Å². The van der Waals surface area contributed by atoms with E-state index in [4.69, 9.17) is 11.6 Å². The Hall–Kier alpha value is -1.50. The van der Waals surface area contributed by atoms with Gasteiger partial charge in [0.05, 0.1) is 5.75 Å². The number of benzene rings is 2. The summed E-state index contributed by atoms with van der Waals surface area (Å²) in [4.78, 5) is 28.2. The van der Waals surface area contributed by atoms with Gasteiger partial charge < -0.3 is 10.2 Å². The number of nitrogens with one attached hydrogen (secondary N) is 1. The van der Waals surface area contributed by atoms with E-state index in [0.29, 0.717) is 23.7 Å². The van der Waals surface area contributed by atoms with E-state index < -0.39 is 6.04 Å². The zero-order chi connectivity index (χ0) is 22.9. The van der Waals surface area contributed by atoms with Crippen molar-refractivity contribution in [1.29, 1.82) is 0 Å². The fourth-order valence-electron chi connectivity index (χ4n) is 4.02. The second-order valence-corrected chi connectivity index (χ2v) is 10.5. The summed E-state index contributed by atoms with van der Waals surface area (Å²) in [5.74, 6) is 0.954. The molecule has 1 atom stereocenters. The number of hydrogen-bond donors (Lipinski definition) is 1. The molecule has 3 rings (SSSR count). The van der Waals surface area contributed by atoms with Crippen molar-refractivity contribution in [2.24, 2.45) is 0 Å². The Morgan fingerprint density at radius 2 is 1.84 bits per heavy atom. The first-order chi connectivity index (χ1) is 15.5. The minimum absolute atomic E-state index is 0.0412. The van der Waals surface area contributed by atoms with Crippen molar-refractivity contribution in [3.8, 4) is 0 Å². The molecule has 0 aromatic heterocycles. The molecule has 0 radical (unpaired) electrons. The van der Waals surface area contributed by atoms with Gasteiger partial charge in [0.2, 0.25) is 11.8 Å². The van der Waals surface area contributed by atoms with E-state index in [-0.39, 0.29) is 17.9 Å². The Balaban J connectivity index is 1.70. The predicted octanol–water partition coefficient (Wildman–Crippen LogP) is 6.20. The van der Waals surface area contributed by atoms with Crippen LogP contribution in [0.1, 0.15) is 50.2 Å². The van der Waals surface area contributed by atoms with Gasteiger partial charge in [-0.05, 0) is 48.6 Å². The first-order valence-corrected chi connectivity index (χ1v) is 13.5. The maximum Gasteiger partial charge on any atom is 0.243 e. The van der Waals surface area contributed by atoms with Crippen LogP contribution in [0.3, 0.4) is 0 Å². The normalized spacial score (nSPS) is 14.8. The molecular weight excluding hydrogens is 508 g/mol. The van der Waals surface area contributed by atoms with Gasteiger partial charge in [-0.25, -0.2) is 0 Å². The number of rotatable bonds is 10. The molecule has 7 heteroatoms. The lowest BCUT2D eigenvalue weighted by molar-refractivity contribution is -0.139. The van der Waals surface area contributed by atoms with Crippen LogP contribution in [0.15, 0.2) is 53.0 Å². The highest BCUT2D eigenvalue weighted by molar-refractivity contribution is 9.10. The quantitative estimate of drug-likeness (QED) is 0.392. The van der Waals surface area contributed by atoms with Crippen molar-refractivity contribution in [2.45, 2.75) is 63.4 Å². The number of thioether (sulfide) groups is 1. The molecule has 2 aromatic rings. The van der Waals surface area contributed by atoms with Crippen molar-refractivity contribution < 1.29 is 9.59 Å². The number of halogens is 2. The first-order valence-electron chi connectivity index (χ1n) is 11.1. The molecule has 1 saturated carbocycles.